The molecule has 37 heavy (non-hydrogen) atoms. The second-order valence-electron chi connectivity index (χ2n) is 8.04. The lowest BCUT2D eigenvalue weighted by Gasteiger charge is -2.18. The van der Waals surface area contributed by atoms with Crippen LogP contribution < -0.4 is 21.7 Å². The van der Waals surface area contributed by atoms with Crippen molar-refractivity contribution in [3.8, 4) is 0 Å². The summed E-state index contributed by atoms with van der Waals surface area (Å²) in [6.45, 7) is -0.117. The minimum atomic E-state index is -0.499. The Bertz CT molecular complexity index is 1210. The Hall–Kier alpha value is -4.31. The quantitative estimate of drug-likeness (QED) is 0.107. The highest BCUT2D eigenvalue weighted by molar-refractivity contribution is 7.99. The molecule has 0 bridgehead atoms. The van der Waals surface area contributed by atoms with Gasteiger partial charge in [0.05, 0.1) is 13.0 Å². The number of rotatable bonds is 12. The normalized spacial score (nSPS) is 11.1. The van der Waals surface area contributed by atoms with Gasteiger partial charge in [-0.1, -0.05) is 54.6 Å². The van der Waals surface area contributed by atoms with E-state index in [1.54, 1.807) is 18.2 Å². The number of ether oxygens (including phenoxy) is 1. The summed E-state index contributed by atoms with van der Waals surface area (Å²) in [5, 5.41) is 15.3. The molecule has 0 aliphatic heterocycles. The molecule has 0 aliphatic rings. The Balaban J connectivity index is 1.54. The van der Waals surface area contributed by atoms with Crippen LogP contribution in [0.5, 0.6) is 0 Å². The van der Waals surface area contributed by atoms with Crippen molar-refractivity contribution in [1.29, 1.82) is 5.41 Å². The Morgan fingerprint density at radius 2 is 1.65 bits per heavy atom. The first-order chi connectivity index (χ1) is 17.9. The van der Waals surface area contributed by atoms with Crippen LogP contribution in [0.1, 0.15) is 22.3 Å². The van der Waals surface area contributed by atoms with Gasteiger partial charge in [-0.05, 0) is 35.9 Å². The Morgan fingerprint density at radius 3 is 2.35 bits per heavy atom. The van der Waals surface area contributed by atoms with E-state index in [9.17, 15) is 14.4 Å². The summed E-state index contributed by atoms with van der Waals surface area (Å²) >= 11 is 1.51. The van der Waals surface area contributed by atoms with Crippen molar-refractivity contribution in [3.63, 3.8) is 0 Å². The minimum Gasteiger partial charge on any atom is -0.461 e. The summed E-state index contributed by atoms with van der Waals surface area (Å²) < 4.78 is 5.39. The van der Waals surface area contributed by atoms with E-state index in [2.05, 4.69) is 16.0 Å². The van der Waals surface area contributed by atoms with E-state index in [0.29, 0.717) is 17.0 Å². The zero-order valence-corrected chi connectivity index (χ0v) is 20.9. The van der Waals surface area contributed by atoms with Crippen LogP contribution in [0.25, 0.3) is 0 Å². The number of hydrogen-bond donors (Lipinski definition) is 5. The lowest BCUT2D eigenvalue weighted by atomic mass is 10.2. The van der Waals surface area contributed by atoms with Crippen LogP contribution in [0.3, 0.4) is 0 Å². The summed E-state index contributed by atoms with van der Waals surface area (Å²) in [6.07, 6.45) is -0.00881. The Labute approximate surface area is 219 Å². The zero-order valence-electron chi connectivity index (χ0n) is 20.1. The number of carbonyl (C=O) groups excluding carboxylic acids is 3. The average molecular weight is 520 g/mol. The van der Waals surface area contributed by atoms with Crippen LogP contribution >= 0.6 is 11.8 Å². The first-order valence-corrected chi connectivity index (χ1v) is 12.5. The van der Waals surface area contributed by atoms with Crippen LogP contribution in [0.4, 0.5) is 5.69 Å². The van der Waals surface area contributed by atoms with Crippen LogP contribution in [0, 0.1) is 5.41 Å². The maximum Gasteiger partial charge on any atom is 0.308 e. The van der Waals surface area contributed by atoms with Gasteiger partial charge in [-0.25, -0.2) is 0 Å². The SMILES string of the molecule is N=C(N)Nc1cccc(C(=O)NCC(=O)N[C@H](CSc2ccccc2)CC(=O)OCc2ccccc2)c1. The molecule has 10 heteroatoms. The molecule has 0 radical (unpaired) electrons. The predicted molar refractivity (Wildman–Crippen MR) is 144 cm³/mol. The molecule has 0 aromatic heterocycles. The highest BCUT2D eigenvalue weighted by Crippen LogP contribution is 2.19. The fourth-order valence-corrected chi connectivity index (χ4v) is 4.24. The third kappa shape index (κ3) is 10.1. The van der Waals surface area contributed by atoms with Crippen molar-refractivity contribution in [1.82, 2.24) is 10.6 Å². The van der Waals surface area contributed by atoms with Crippen LogP contribution in [-0.4, -0.2) is 42.1 Å². The van der Waals surface area contributed by atoms with E-state index in [4.69, 9.17) is 15.9 Å². The van der Waals surface area contributed by atoms with E-state index >= 15 is 0 Å². The van der Waals surface area contributed by atoms with Gasteiger partial charge in [0.15, 0.2) is 5.96 Å². The first-order valence-electron chi connectivity index (χ1n) is 11.5. The van der Waals surface area contributed by atoms with Crippen molar-refractivity contribution in [2.24, 2.45) is 5.73 Å². The van der Waals surface area contributed by atoms with Crippen molar-refractivity contribution in [2.75, 3.05) is 17.6 Å². The molecule has 1 atom stereocenters. The number of carbonyl (C=O) groups is 3. The molecule has 0 heterocycles. The summed E-state index contributed by atoms with van der Waals surface area (Å²) in [7, 11) is 0. The summed E-state index contributed by atoms with van der Waals surface area (Å²) in [6, 6.07) is 24.9. The molecule has 0 unspecified atom stereocenters. The van der Waals surface area contributed by atoms with Crippen molar-refractivity contribution < 1.29 is 19.1 Å². The Kier molecular flexibility index (Phi) is 10.5. The number of hydrogen-bond acceptors (Lipinski definition) is 6. The fraction of sp³-hybridized carbons (Fsp3) is 0.185. The lowest BCUT2D eigenvalue weighted by molar-refractivity contribution is -0.145. The average Bonchev–Trinajstić information content (AvgIpc) is 2.90. The molecule has 3 rings (SSSR count). The van der Waals surface area contributed by atoms with E-state index < -0.39 is 23.8 Å². The smallest absolute Gasteiger partial charge is 0.308 e. The van der Waals surface area contributed by atoms with Crippen molar-refractivity contribution in [3.05, 3.63) is 96.1 Å². The number of amides is 2. The summed E-state index contributed by atoms with van der Waals surface area (Å²) in [4.78, 5) is 38.6. The van der Waals surface area contributed by atoms with E-state index in [1.807, 2.05) is 60.7 Å². The van der Waals surface area contributed by atoms with Gasteiger partial charge < -0.3 is 26.4 Å². The van der Waals surface area contributed by atoms with Crippen LogP contribution in [-0.2, 0) is 20.9 Å². The third-order valence-corrected chi connectivity index (χ3v) is 6.20. The number of guanidine groups is 1. The van der Waals surface area contributed by atoms with Gasteiger partial charge in [0.25, 0.3) is 5.91 Å². The maximum absolute atomic E-state index is 12.6. The minimum absolute atomic E-state index is 0.00881. The fourth-order valence-electron chi connectivity index (χ4n) is 3.30. The van der Waals surface area contributed by atoms with Crippen molar-refractivity contribution in [2.45, 2.75) is 24.0 Å². The Morgan fingerprint density at radius 1 is 0.946 bits per heavy atom. The van der Waals surface area contributed by atoms with Gasteiger partial charge in [-0.3, -0.25) is 19.8 Å². The summed E-state index contributed by atoms with van der Waals surface area (Å²) in [5.41, 5.74) is 6.99. The molecule has 2 amide bonds. The van der Waals surface area contributed by atoms with Gasteiger partial charge in [-0.2, -0.15) is 0 Å². The van der Waals surface area contributed by atoms with Gasteiger partial charge in [0.1, 0.15) is 6.61 Å². The largest absolute Gasteiger partial charge is 0.461 e. The number of nitrogens with one attached hydrogen (secondary N) is 4. The van der Waals surface area contributed by atoms with Gasteiger partial charge in [0.2, 0.25) is 5.91 Å². The van der Waals surface area contributed by atoms with Gasteiger partial charge in [0, 0.05) is 27.9 Å². The molecule has 0 saturated carbocycles. The van der Waals surface area contributed by atoms with Crippen LogP contribution in [0.2, 0.25) is 0 Å². The molecule has 0 saturated heterocycles. The highest BCUT2D eigenvalue weighted by Gasteiger charge is 2.19. The van der Waals surface area contributed by atoms with Crippen LogP contribution in [0.15, 0.2) is 89.8 Å². The molecule has 0 fully saturated rings. The number of thioether (sulfide) groups is 1. The molecule has 0 spiro atoms. The molecular weight excluding hydrogens is 490 g/mol. The molecule has 9 nitrogen and oxygen atoms in total. The highest BCUT2D eigenvalue weighted by atomic mass is 32.2. The molecular formula is C27H29N5O4S. The number of anilines is 1. The zero-order chi connectivity index (χ0) is 26.5. The standard InChI is InChI=1S/C27H29N5O4S/c28-27(29)32-21-11-7-10-20(14-21)26(35)30-16-24(33)31-22(18-37-23-12-5-2-6-13-23)15-25(34)36-17-19-8-3-1-4-9-19/h1-14,22H,15-18H2,(H,30,35)(H,31,33)(H4,28,29,32)/t22-/m0/s1. The number of esters is 1. The number of nitrogens with two attached hydrogens (primary N) is 1. The molecule has 192 valence electrons. The number of benzene rings is 3. The van der Waals surface area contributed by atoms with E-state index in [1.165, 1.54) is 17.8 Å². The van der Waals surface area contributed by atoms with Gasteiger partial charge >= 0.3 is 5.97 Å². The molecule has 3 aromatic rings. The topological polar surface area (TPSA) is 146 Å². The third-order valence-electron chi connectivity index (χ3n) is 5.03. The second-order valence-corrected chi connectivity index (χ2v) is 9.13. The maximum atomic E-state index is 12.6. The van der Waals surface area contributed by atoms with Gasteiger partial charge in [-0.15, -0.1) is 11.8 Å². The van der Waals surface area contributed by atoms with E-state index in [0.717, 1.165) is 10.5 Å². The lowest BCUT2D eigenvalue weighted by Crippen LogP contribution is -2.44. The summed E-state index contributed by atoms with van der Waals surface area (Å²) in [5.74, 6) is -1.12. The van der Waals surface area contributed by atoms with E-state index in [-0.39, 0.29) is 25.5 Å². The first kappa shape index (κ1) is 27.3. The second kappa shape index (κ2) is 14.3. The monoisotopic (exact) mass is 519 g/mol. The molecule has 3 aromatic carbocycles. The predicted octanol–water partition coefficient (Wildman–Crippen LogP) is 3.13. The molecule has 6 N–H and O–H groups in total. The van der Waals surface area contributed by atoms with Crippen molar-refractivity contribution >= 4 is 41.2 Å². The molecule has 0 aliphatic carbocycles.